The monoisotopic (exact) mass is 420 g/mol. The predicted octanol–water partition coefficient (Wildman–Crippen LogP) is 5.14. The minimum absolute atomic E-state index is 0.0866. The molecule has 0 atom stereocenters. The highest BCUT2D eigenvalue weighted by Gasteiger charge is 2.14. The van der Waals surface area contributed by atoms with Gasteiger partial charge in [0.15, 0.2) is 11.0 Å². The van der Waals surface area contributed by atoms with Crippen LogP contribution in [-0.2, 0) is 11.8 Å². The molecule has 0 aliphatic rings. The maximum atomic E-state index is 12.3. The number of anilines is 1. The zero-order valence-electron chi connectivity index (χ0n) is 15.1. The van der Waals surface area contributed by atoms with E-state index in [9.17, 15) is 4.79 Å². The number of aryl methyl sites for hydroxylation is 2. The van der Waals surface area contributed by atoms with E-state index in [1.54, 1.807) is 12.1 Å². The van der Waals surface area contributed by atoms with Gasteiger partial charge in [0.25, 0.3) is 0 Å². The van der Waals surface area contributed by atoms with Crippen molar-refractivity contribution in [2.45, 2.75) is 19.0 Å². The van der Waals surface area contributed by atoms with Gasteiger partial charge >= 0.3 is 0 Å². The zero-order valence-corrected chi connectivity index (χ0v) is 17.4. The maximum Gasteiger partial charge on any atom is 0.234 e. The van der Waals surface area contributed by atoms with Gasteiger partial charge in [0.1, 0.15) is 0 Å². The Hall–Kier alpha value is -2.02. The number of carbonyl (C=O) groups excluding carboxylic acids is 1. The van der Waals surface area contributed by atoms with Crippen LogP contribution in [0.5, 0.6) is 0 Å². The second-order valence-corrected chi connectivity index (χ2v) is 7.85. The van der Waals surface area contributed by atoms with E-state index in [2.05, 4.69) is 15.5 Å². The van der Waals surface area contributed by atoms with Crippen molar-refractivity contribution in [1.29, 1.82) is 0 Å². The van der Waals surface area contributed by atoms with E-state index in [1.807, 2.05) is 49.7 Å². The van der Waals surface area contributed by atoms with Crippen LogP contribution in [0.4, 0.5) is 5.69 Å². The van der Waals surface area contributed by atoms with Crippen LogP contribution in [0.1, 0.15) is 11.1 Å². The number of aromatic nitrogens is 3. The van der Waals surface area contributed by atoms with Crippen molar-refractivity contribution in [2.75, 3.05) is 11.1 Å². The number of nitrogens with one attached hydrogen (secondary N) is 1. The average Bonchev–Trinajstić information content (AvgIpc) is 2.99. The first kappa shape index (κ1) is 19.7. The van der Waals surface area contributed by atoms with Crippen LogP contribution in [-0.4, -0.2) is 26.4 Å². The van der Waals surface area contributed by atoms with E-state index in [-0.39, 0.29) is 11.7 Å². The minimum atomic E-state index is -0.0866. The summed E-state index contributed by atoms with van der Waals surface area (Å²) in [5.41, 5.74) is 3.74. The molecule has 1 heterocycles. The molecule has 8 heteroatoms. The van der Waals surface area contributed by atoms with Gasteiger partial charge in [-0.3, -0.25) is 4.79 Å². The largest absolute Gasteiger partial charge is 0.325 e. The van der Waals surface area contributed by atoms with Crippen molar-refractivity contribution in [3.63, 3.8) is 0 Å². The number of benzene rings is 2. The third kappa shape index (κ3) is 4.46. The summed E-state index contributed by atoms with van der Waals surface area (Å²) < 4.78 is 1.83. The summed E-state index contributed by atoms with van der Waals surface area (Å²) in [7, 11) is 1.85. The van der Waals surface area contributed by atoms with Crippen molar-refractivity contribution >= 4 is 46.6 Å². The second-order valence-electron chi connectivity index (χ2n) is 6.10. The van der Waals surface area contributed by atoms with E-state index >= 15 is 0 Å². The van der Waals surface area contributed by atoms with Gasteiger partial charge in [-0.2, -0.15) is 0 Å². The number of carbonyl (C=O) groups is 1. The SMILES string of the molecule is Cc1cccc(C)c1NC(=O)CSc1nnc(-c2ccc(Cl)c(Cl)c2)n1C. The van der Waals surface area contributed by atoms with Crippen LogP contribution in [0.25, 0.3) is 11.4 Å². The number of nitrogens with zero attached hydrogens (tertiary/aromatic N) is 3. The molecule has 2 aromatic carbocycles. The Kier molecular flexibility index (Phi) is 6.09. The molecule has 1 N–H and O–H groups in total. The standard InChI is InChI=1S/C19H18Cl2N4OS/c1-11-5-4-6-12(2)17(11)22-16(26)10-27-19-24-23-18(25(19)3)13-7-8-14(20)15(21)9-13/h4-9H,10H2,1-3H3,(H,22,26). The second kappa shape index (κ2) is 8.33. The molecule has 3 aromatic rings. The number of thioether (sulfide) groups is 1. The normalized spacial score (nSPS) is 10.9. The third-order valence-electron chi connectivity index (χ3n) is 4.09. The Balaban J connectivity index is 1.69. The van der Waals surface area contributed by atoms with Crippen molar-refractivity contribution in [1.82, 2.24) is 14.8 Å². The Morgan fingerprint density at radius 3 is 2.48 bits per heavy atom. The lowest BCUT2D eigenvalue weighted by atomic mass is 10.1. The number of halogens is 2. The molecule has 0 saturated carbocycles. The van der Waals surface area contributed by atoms with Crippen molar-refractivity contribution in [3.8, 4) is 11.4 Å². The first-order valence-corrected chi connectivity index (χ1v) is 9.94. The van der Waals surface area contributed by atoms with Gasteiger partial charge in [-0.05, 0) is 43.2 Å². The van der Waals surface area contributed by atoms with Crippen LogP contribution >= 0.6 is 35.0 Å². The molecule has 0 radical (unpaired) electrons. The van der Waals surface area contributed by atoms with Crippen molar-refractivity contribution in [3.05, 3.63) is 57.6 Å². The summed E-state index contributed by atoms with van der Waals surface area (Å²) in [6.07, 6.45) is 0. The number of para-hydroxylation sites is 1. The molecular weight excluding hydrogens is 403 g/mol. The van der Waals surface area contributed by atoms with Crippen LogP contribution in [0.2, 0.25) is 10.0 Å². The molecule has 0 saturated heterocycles. The van der Waals surface area contributed by atoms with Crippen LogP contribution in [0, 0.1) is 13.8 Å². The third-order valence-corrected chi connectivity index (χ3v) is 5.85. The molecule has 1 aromatic heterocycles. The molecule has 3 rings (SSSR count). The lowest BCUT2D eigenvalue weighted by molar-refractivity contribution is -0.113. The summed E-state index contributed by atoms with van der Waals surface area (Å²) in [6, 6.07) is 11.2. The molecule has 140 valence electrons. The zero-order chi connectivity index (χ0) is 19.6. The highest BCUT2D eigenvalue weighted by atomic mass is 35.5. The summed E-state index contributed by atoms with van der Waals surface area (Å²) in [4.78, 5) is 12.3. The molecule has 0 fully saturated rings. The Morgan fingerprint density at radius 1 is 1.11 bits per heavy atom. The quantitative estimate of drug-likeness (QED) is 0.580. The fourth-order valence-electron chi connectivity index (χ4n) is 2.64. The van der Waals surface area contributed by atoms with E-state index in [1.165, 1.54) is 11.8 Å². The number of hydrogen-bond donors (Lipinski definition) is 1. The fourth-order valence-corrected chi connectivity index (χ4v) is 3.65. The first-order valence-electron chi connectivity index (χ1n) is 8.20. The number of hydrogen-bond acceptors (Lipinski definition) is 4. The number of rotatable bonds is 5. The van der Waals surface area contributed by atoms with Crippen molar-refractivity contribution < 1.29 is 4.79 Å². The molecule has 27 heavy (non-hydrogen) atoms. The van der Waals surface area contributed by atoms with Crippen LogP contribution < -0.4 is 5.32 Å². The molecule has 1 amide bonds. The molecule has 0 bridgehead atoms. The van der Waals surface area contributed by atoms with Gasteiger partial charge in [0.2, 0.25) is 5.91 Å². The summed E-state index contributed by atoms with van der Waals surface area (Å²) in [5.74, 6) is 0.809. The first-order chi connectivity index (χ1) is 12.9. The Morgan fingerprint density at radius 2 is 1.81 bits per heavy atom. The molecule has 0 aliphatic carbocycles. The fraction of sp³-hybridized carbons (Fsp3) is 0.211. The number of amides is 1. The van der Waals surface area contributed by atoms with E-state index in [0.717, 1.165) is 22.4 Å². The summed E-state index contributed by atoms with van der Waals surface area (Å²) >= 11 is 13.4. The van der Waals surface area contributed by atoms with Crippen molar-refractivity contribution in [2.24, 2.45) is 7.05 Å². The van der Waals surface area contributed by atoms with Crippen LogP contribution in [0.3, 0.4) is 0 Å². The average molecular weight is 421 g/mol. The molecule has 0 unspecified atom stereocenters. The smallest absolute Gasteiger partial charge is 0.234 e. The van der Waals surface area contributed by atoms with Gasteiger partial charge in [0, 0.05) is 18.3 Å². The summed E-state index contributed by atoms with van der Waals surface area (Å²) in [6.45, 7) is 3.95. The van der Waals surface area contributed by atoms with Gasteiger partial charge in [-0.25, -0.2) is 0 Å². The van der Waals surface area contributed by atoms with Gasteiger partial charge in [0.05, 0.1) is 15.8 Å². The van der Waals surface area contributed by atoms with E-state index in [0.29, 0.717) is 21.0 Å². The highest BCUT2D eigenvalue weighted by Crippen LogP contribution is 2.29. The Bertz CT molecular complexity index is 983. The van der Waals surface area contributed by atoms with Gasteiger partial charge < -0.3 is 9.88 Å². The lowest BCUT2D eigenvalue weighted by Crippen LogP contribution is -2.16. The lowest BCUT2D eigenvalue weighted by Gasteiger charge is -2.11. The topological polar surface area (TPSA) is 59.8 Å². The van der Waals surface area contributed by atoms with E-state index < -0.39 is 0 Å². The molecule has 5 nitrogen and oxygen atoms in total. The molecular formula is C19H18Cl2N4OS. The van der Waals surface area contributed by atoms with Crippen LogP contribution in [0.15, 0.2) is 41.6 Å². The summed E-state index contributed by atoms with van der Waals surface area (Å²) in [5, 5.41) is 12.9. The van der Waals surface area contributed by atoms with E-state index in [4.69, 9.17) is 23.2 Å². The Labute approximate surface area is 172 Å². The molecule has 0 spiro atoms. The van der Waals surface area contributed by atoms with Gasteiger partial charge in [-0.15, -0.1) is 10.2 Å². The van der Waals surface area contributed by atoms with Gasteiger partial charge in [-0.1, -0.05) is 53.2 Å². The predicted molar refractivity (Wildman–Crippen MR) is 112 cm³/mol. The highest BCUT2D eigenvalue weighted by molar-refractivity contribution is 7.99. The molecule has 0 aliphatic heterocycles. The maximum absolute atomic E-state index is 12.3. The minimum Gasteiger partial charge on any atom is -0.325 e.